The van der Waals surface area contributed by atoms with Crippen molar-refractivity contribution in [1.82, 2.24) is 15.2 Å². The number of rotatable bonds is 2. The lowest BCUT2D eigenvalue weighted by molar-refractivity contribution is -0.117. The number of amides is 1. The number of halogens is 1. The molecule has 17 heavy (non-hydrogen) atoms. The van der Waals surface area contributed by atoms with Gasteiger partial charge in [-0.25, -0.2) is 4.98 Å². The van der Waals surface area contributed by atoms with Crippen LogP contribution in [0.25, 0.3) is 11.0 Å². The summed E-state index contributed by atoms with van der Waals surface area (Å²) in [7, 11) is 0. The summed E-state index contributed by atoms with van der Waals surface area (Å²) in [6.45, 7) is 0.721. The number of pyridine rings is 1. The van der Waals surface area contributed by atoms with Crippen LogP contribution >= 0.6 is 15.9 Å². The molecule has 1 aliphatic rings. The van der Waals surface area contributed by atoms with Gasteiger partial charge >= 0.3 is 0 Å². The van der Waals surface area contributed by atoms with Crippen LogP contribution in [-0.4, -0.2) is 33.0 Å². The van der Waals surface area contributed by atoms with Crippen molar-refractivity contribution in [2.75, 3.05) is 16.8 Å². The summed E-state index contributed by atoms with van der Waals surface area (Å²) < 4.78 is 0. The molecule has 1 unspecified atom stereocenters. The molecule has 88 valence electrons. The van der Waals surface area contributed by atoms with Crippen LogP contribution in [0.1, 0.15) is 6.42 Å². The van der Waals surface area contributed by atoms with E-state index in [1.807, 2.05) is 12.1 Å². The molecule has 2 aromatic heterocycles. The zero-order chi connectivity index (χ0) is 11.8. The van der Waals surface area contributed by atoms with Crippen molar-refractivity contribution in [2.45, 2.75) is 6.42 Å². The second kappa shape index (κ2) is 4.10. The van der Waals surface area contributed by atoms with Gasteiger partial charge in [-0.2, -0.15) is 5.10 Å². The maximum atomic E-state index is 11.9. The summed E-state index contributed by atoms with van der Waals surface area (Å²) in [4.78, 5) is 17.8. The van der Waals surface area contributed by atoms with Gasteiger partial charge in [-0.05, 0) is 18.1 Å². The molecule has 0 radical (unpaired) electrons. The van der Waals surface area contributed by atoms with Crippen molar-refractivity contribution in [3.63, 3.8) is 0 Å². The number of hydrogen-bond acceptors (Lipinski definition) is 3. The molecule has 1 N–H and O–H groups in total. The van der Waals surface area contributed by atoms with Crippen LogP contribution in [0.4, 0.5) is 5.82 Å². The first-order chi connectivity index (χ1) is 8.29. The van der Waals surface area contributed by atoms with Crippen LogP contribution in [-0.2, 0) is 4.79 Å². The van der Waals surface area contributed by atoms with Gasteiger partial charge in [-0.3, -0.25) is 14.8 Å². The number of anilines is 1. The van der Waals surface area contributed by atoms with E-state index in [-0.39, 0.29) is 5.91 Å². The van der Waals surface area contributed by atoms with Gasteiger partial charge in [0.15, 0.2) is 11.5 Å². The number of alkyl halides is 1. The zero-order valence-corrected chi connectivity index (χ0v) is 10.6. The molecule has 3 rings (SSSR count). The highest BCUT2D eigenvalue weighted by molar-refractivity contribution is 9.09. The van der Waals surface area contributed by atoms with Crippen molar-refractivity contribution in [2.24, 2.45) is 5.92 Å². The average molecular weight is 295 g/mol. The van der Waals surface area contributed by atoms with Crippen molar-refractivity contribution >= 4 is 38.7 Å². The Morgan fingerprint density at radius 3 is 3.24 bits per heavy atom. The minimum Gasteiger partial charge on any atom is -0.294 e. The van der Waals surface area contributed by atoms with Crippen LogP contribution in [0.3, 0.4) is 0 Å². The van der Waals surface area contributed by atoms with Gasteiger partial charge < -0.3 is 0 Å². The number of hydrogen-bond donors (Lipinski definition) is 1. The highest BCUT2D eigenvalue weighted by atomic mass is 79.9. The van der Waals surface area contributed by atoms with Crippen molar-refractivity contribution < 1.29 is 4.79 Å². The molecule has 0 aromatic carbocycles. The molecule has 5 nitrogen and oxygen atoms in total. The lowest BCUT2D eigenvalue weighted by Gasteiger charge is -2.13. The van der Waals surface area contributed by atoms with Gasteiger partial charge in [0, 0.05) is 24.5 Å². The van der Waals surface area contributed by atoms with Gasteiger partial charge in [0.1, 0.15) is 0 Å². The van der Waals surface area contributed by atoms with Crippen molar-refractivity contribution in [3.8, 4) is 0 Å². The van der Waals surface area contributed by atoms with Crippen LogP contribution in [0.5, 0.6) is 0 Å². The summed E-state index contributed by atoms with van der Waals surface area (Å²) >= 11 is 3.42. The van der Waals surface area contributed by atoms with Gasteiger partial charge in [-0.1, -0.05) is 15.9 Å². The first kappa shape index (κ1) is 10.7. The first-order valence-electron chi connectivity index (χ1n) is 5.45. The fraction of sp³-hybridized carbons (Fsp3) is 0.364. The predicted octanol–water partition coefficient (Wildman–Crippen LogP) is 1.71. The number of nitrogens with one attached hydrogen (secondary N) is 1. The van der Waals surface area contributed by atoms with E-state index in [0.29, 0.717) is 18.2 Å². The molecule has 2 aromatic rings. The fourth-order valence-corrected chi connectivity index (χ4v) is 2.57. The number of aromatic nitrogens is 3. The van der Waals surface area contributed by atoms with E-state index in [4.69, 9.17) is 0 Å². The molecule has 0 aliphatic carbocycles. The minimum absolute atomic E-state index is 0.131. The Bertz CT molecular complexity index is 567. The van der Waals surface area contributed by atoms with E-state index in [9.17, 15) is 4.79 Å². The molecule has 1 fully saturated rings. The van der Waals surface area contributed by atoms with Crippen molar-refractivity contribution in [1.29, 1.82) is 0 Å². The van der Waals surface area contributed by atoms with Crippen LogP contribution < -0.4 is 4.90 Å². The first-order valence-corrected chi connectivity index (χ1v) is 6.57. The van der Waals surface area contributed by atoms with Gasteiger partial charge in [-0.15, -0.1) is 0 Å². The molecule has 6 heteroatoms. The van der Waals surface area contributed by atoms with E-state index in [0.717, 1.165) is 22.9 Å². The highest BCUT2D eigenvalue weighted by Crippen LogP contribution is 2.29. The second-order valence-electron chi connectivity index (χ2n) is 4.18. The summed E-state index contributed by atoms with van der Waals surface area (Å²) in [5.74, 6) is 1.19. The highest BCUT2D eigenvalue weighted by Gasteiger charge is 2.32. The monoisotopic (exact) mass is 294 g/mol. The number of aromatic amines is 1. The topological polar surface area (TPSA) is 61.9 Å². The number of H-pyrrole nitrogens is 1. The predicted molar refractivity (Wildman–Crippen MR) is 68.1 cm³/mol. The molecule has 0 bridgehead atoms. The Kier molecular flexibility index (Phi) is 2.58. The third kappa shape index (κ3) is 1.72. The standard InChI is InChI=1S/C11H11BrN4O/c12-5-7-4-9(17)16(6-7)11-8-2-1-3-13-10(8)14-15-11/h1-3,7H,4-6H2,(H,13,14,15). The zero-order valence-electron chi connectivity index (χ0n) is 9.06. The van der Waals surface area contributed by atoms with Gasteiger partial charge in [0.25, 0.3) is 0 Å². The Labute approximate surface area is 106 Å². The van der Waals surface area contributed by atoms with Crippen LogP contribution in [0, 0.1) is 5.92 Å². The summed E-state index contributed by atoms with van der Waals surface area (Å²) in [6.07, 6.45) is 2.29. The summed E-state index contributed by atoms with van der Waals surface area (Å²) in [6, 6.07) is 3.78. The summed E-state index contributed by atoms with van der Waals surface area (Å²) in [5.41, 5.74) is 0.720. The molecule has 3 heterocycles. The molecular weight excluding hydrogens is 284 g/mol. The quantitative estimate of drug-likeness (QED) is 0.858. The minimum atomic E-state index is 0.131. The van der Waals surface area contributed by atoms with Crippen LogP contribution in [0.15, 0.2) is 18.3 Å². The van der Waals surface area contributed by atoms with Crippen molar-refractivity contribution in [3.05, 3.63) is 18.3 Å². The van der Waals surface area contributed by atoms with Gasteiger partial charge in [0.2, 0.25) is 5.91 Å². The number of nitrogens with zero attached hydrogens (tertiary/aromatic N) is 3. The third-order valence-corrected chi connectivity index (χ3v) is 3.91. The number of carbonyl (C=O) groups excluding carboxylic acids is 1. The molecule has 1 aliphatic heterocycles. The Balaban J connectivity index is 2.02. The molecule has 0 spiro atoms. The Morgan fingerprint density at radius 2 is 2.47 bits per heavy atom. The summed E-state index contributed by atoms with van der Waals surface area (Å²) in [5, 5.41) is 8.79. The number of fused-ring (bicyclic) bond motifs is 1. The van der Waals surface area contributed by atoms with E-state index in [1.165, 1.54) is 0 Å². The van der Waals surface area contributed by atoms with E-state index < -0.39 is 0 Å². The number of carbonyl (C=O) groups is 1. The molecule has 0 saturated carbocycles. The van der Waals surface area contributed by atoms with E-state index in [1.54, 1.807) is 11.1 Å². The van der Waals surface area contributed by atoms with Gasteiger partial charge in [0.05, 0.1) is 5.39 Å². The molecule has 1 amide bonds. The SMILES string of the molecule is O=C1CC(CBr)CN1c1n[nH]c2ncccc12. The normalized spacial score (nSPS) is 20.4. The van der Waals surface area contributed by atoms with Crippen LogP contribution in [0.2, 0.25) is 0 Å². The Hall–Kier alpha value is -1.43. The average Bonchev–Trinajstić information content (AvgIpc) is 2.92. The fourth-order valence-electron chi connectivity index (χ4n) is 2.14. The lowest BCUT2D eigenvalue weighted by atomic mass is 10.2. The smallest absolute Gasteiger partial charge is 0.228 e. The molecule has 1 atom stereocenters. The molecular formula is C11H11BrN4O. The molecule has 1 saturated heterocycles. The lowest BCUT2D eigenvalue weighted by Crippen LogP contribution is -2.25. The maximum absolute atomic E-state index is 11.9. The van der Waals surface area contributed by atoms with E-state index in [2.05, 4.69) is 31.1 Å². The largest absolute Gasteiger partial charge is 0.294 e. The Morgan fingerprint density at radius 1 is 1.59 bits per heavy atom. The third-order valence-electron chi connectivity index (χ3n) is 3.00. The maximum Gasteiger partial charge on any atom is 0.228 e. The second-order valence-corrected chi connectivity index (χ2v) is 4.82. The van der Waals surface area contributed by atoms with E-state index >= 15 is 0 Å².